The number of primary amides is 1. The second-order valence-corrected chi connectivity index (χ2v) is 3.47. The molecule has 1 aromatic rings. The second-order valence-electron chi connectivity index (χ2n) is 3.47. The largest absolute Gasteiger partial charge is 0.478 e. The normalized spacial score (nSPS) is 11.1. The molecule has 10 heteroatoms. The quantitative estimate of drug-likeness (QED) is 0.742. The topological polar surface area (TPSA) is 114 Å². The van der Waals surface area contributed by atoms with Crippen LogP contribution in [-0.2, 0) is 17.5 Å². The van der Waals surface area contributed by atoms with Crippen molar-refractivity contribution in [3.8, 4) is 0 Å². The molecule has 3 amide bonds. The Morgan fingerprint density at radius 2 is 1.89 bits per heavy atom. The highest BCUT2D eigenvalue weighted by Gasteiger charge is 2.37. The van der Waals surface area contributed by atoms with E-state index in [0.29, 0.717) is 17.0 Å². The molecule has 0 saturated heterocycles. The number of hydrogen-bond donors (Lipinski definition) is 3. The minimum Gasteiger partial charge on any atom is -0.478 e. The number of rotatable bonds is 3. The summed E-state index contributed by atoms with van der Waals surface area (Å²) >= 11 is 0. The number of urea groups is 1. The number of halogens is 3. The fraction of sp³-hybridized carbons (Fsp3) is 0.222. The van der Waals surface area contributed by atoms with E-state index in [0.717, 1.165) is 0 Å². The van der Waals surface area contributed by atoms with Gasteiger partial charge in [0.1, 0.15) is 6.54 Å². The summed E-state index contributed by atoms with van der Waals surface area (Å²) < 4.78 is 38.3. The van der Waals surface area contributed by atoms with Gasteiger partial charge in [-0.2, -0.15) is 13.2 Å². The maximum atomic E-state index is 12.5. The minimum atomic E-state index is -4.86. The van der Waals surface area contributed by atoms with Crippen LogP contribution < -0.4 is 11.1 Å². The van der Waals surface area contributed by atoms with Crippen LogP contribution in [0.1, 0.15) is 15.9 Å². The first kappa shape index (κ1) is 14.5. The lowest BCUT2D eigenvalue weighted by Crippen LogP contribution is -2.36. The third-order valence-electron chi connectivity index (χ3n) is 2.00. The molecule has 4 N–H and O–H groups in total. The fourth-order valence-corrected chi connectivity index (χ4v) is 1.34. The van der Waals surface area contributed by atoms with Crippen molar-refractivity contribution in [3.05, 3.63) is 23.5 Å². The summed E-state index contributed by atoms with van der Waals surface area (Å²) in [5, 5.41) is 10.3. The van der Waals surface area contributed by atoms with Gasteiger partial charge in [-0.15, -0.1) is 0 Å². The molecule has 0 unspecified atom stereocenters. The number of aromatic nitrogens is 1. The molecule has 1 aromatic heterocycles. The summed E-state index contributed by atoms with van der Waals surface area (Å²) in [5.41, 5.74) is 2.28. The number of carboxylic acids is 1. The van der Waals surface area contributed by atoms with Gasteiger partial charge < -0.3 is 15.4 Å². The van der Waals surface area contributed by atoms with E-state index < -0.39 is 41.8 Å². The highest BCUT2D eigenvalue weighted by Crippen LogP contribution is 2.32. The maximum absolute atomic E-state index is 12.5. The van der Waals surface area contributed by atoms with Gasteiger partial charge in [-0.3, -0.25) is 10.1 Å². The van der Waals surface area contributed by atoms with Crippen molar-refractivity contribution >= 4 is 17.9 Å². The molecular weight excluding hydrogens is 271 g/mol. The van der Waals surface area contributed by atoms with Gasteiger partial charge in [0.15, 0.2) is 0 Å². The van der Waals surface area contributed by atoms with Crippen molar-refractivity contribution in [2.75, 3.05) is 0 Å². The third-order valence-corrected chi connectivity index (χ3v) is 2.00. The molecule has 0 aliphatic rings. The molecular formula is C9H8F3N3O4. The zero-order valence-corrected chi connectivity index (χ0v) is 9.19. The van der Waals surface area contributed by atoms with Gasteiger partial charge in [-0.05, 0) is 0 Å². The molecule has 0 bridgehead atoms. The standard InChI is InChI=1S/C9H8F3N3O4/c10-9(11,12)5-2-15(1-4(5)7(17)18)3-6(16)14-8(13)19/h1-2H,3H2,(H,17,18)(H3,13,14,16,19). The first-order valence-electron chi connectivity index (χ1n) is 4.71. The van der Waals surface area contributed by atoms with Crippen LogP contribution in [0, 0.1) is 0 Å². The molecule has 1 heterocycles. The minimum absolute atomic E-state index is 0.462. The second kappa shape index (κ2) is 5.00. The first-order valence-corrected chi connectivity index (χ1v) is 4.71. The van der Waals surface area contributed by atoms with Crippen molar-refractivity contribution in [2.45, 2.75) is 12.7 Å². The molecule has 7 nitrogen and oxygen atoms in total. The van der Waals surface area contributed by atoms with E-state index in [1.807, 2.05) is 0 Å². The summed E-state index contributed by atoms with van der Waals surface area (Å²) in [6.07, 6.45) is -3.76. The van der Waals surface area contributed by atoms with Gasteiger partial charge in [0.25, 0.3) is 0 Å². The number of nitrogens with one attached hydrogen (secondary N) is 1. The van der Waals surface area contributed by atoms with Crippen LogP contribution >= 0.6 is 0 Å². The van der Waals surface area contributed by atoms with Crippen LogP contribution in [0.4, 0.5) is 18.0 Å². The van der Waals surface area contributed by atoms with E-state index in [4.69, 9.17) is 5.11 Å². The number of aromatic carboxylic acids is 1. The van der Waals surface area contributed by atoms with Crippen LogP contribution in [0.15, 0.2) is 12.4 Å². The van der Waals surface area contributed by atoms with Crippen molar-refractivity contribution in [2.24, 2.45) is 5.73 Å². The Morgan fingerprint density at radius 1 is 1.32 bits per heavy atom. The molecule has 0 spiro atoms. The van der Waals surface area contributed by atoms with Crippen molar-refractivity contribution in [1.82, 2.24) is 9.88 Å². The highest BCUT2D eigenvalue weighted by atomic mass is 19.4. The average Bonchev–Trinajstić information content (AvgIpc) is 2.59. The molecule has 0 aliphatic heterocycles. The number of nitrogens with two attached hydrogens (primary N) is 1. The number of carbonyl (C=O) groups is 3. The van der Waals surface area contributed by atoms with Gasteiger partial charge in [0, 0.05) is 12.4 Å². The molecule has 0 aliphatic carbocycles. The van der Waals surface area contributed by atoms with E-state index in [1.165, 1.54) is 0 Å². The van der Waals surface area contributed by atoms with Gasteiger partial charge in [-0.25, -0.2) is 9.59 Å². The Morgan fingerprint density at radius 3 is 2.26 bits per heavy atom. The zero-order chi connectivity index (χ0) is 14.8. The summed E-state index contributed by atoms with van der Waals surface area (Å²) in [4.78, 5) is 32.1. The Bertz CT molecular complexity index is 535. The number of carbonyl (C=O) groups excluding carboxylic acids is 2. The molecule has 0 radical (unpaired) electrons. The number of carboxylic acid groups (broad SMARTS) is 1. The van der Waals surface area contributed by atoms with E-state index in [9.17, 15) is 27.6 Å². The third kappa shape index (κ3) is 3.72. The maximum Gasteiger partial charge on any atom is 0.418 e. The summed E-state index contributed by atoms with van der Waals surface area (Å²) in [7, 11) is 0. The molecule has 0 aromatic carbocycles. The van der Waals surface area contributed by atoms with Crippen LogP contribution in [0.2, 0.25) is 0 Å². The van der Waals surface area contributed by atoms with Crippen LogP contribution in [-0.4, -0.2) is 27.6 Å². The van der Waals surface area contributed by atoms with Crippen LogP contribution in [0.5, 0.6) is 0 Å². The zero-order valence-electron chi connectivity index (χ0n) is 9.19. The lowest BCUT2D eigenvalue weighted by molar-refractivity contribution is -0.138. The monoisotopic (exact) mass is 279 g/mol. The van der Waals surface area contributed by atoms with Crippen molar-refractivity contribution < 1.29 is 32.7 Å². The SMILES string of the molecule is NC(=O)NC(=O)Cn1cc(C(=O)O)c(C(F)(F)F)c1. The molecule has 0 atom stereocenters. The van der Waals surface area contributed by atoms with Gasteiger partial charge in [0.05, 0.1) is 11.1 Å². The Labute approximate surface area is 103 Å². The molecule has 0 fully saturated rings. The molecule has 0 saturated carbocycles. The predicted molar refractivity (Wildman–Crippen MR) is 54.1 cm³/mol. The lowest BCUT2D eigenvalue weighted by atomic mass is 10.2. The Hall–Kier alpha value is -2.52. The van der Waals surface area contributed by atoms with E-state index in [2.05, 4.69) is 5.73 Å². The molecule has 104 valence electrons. The van der Waals surface area contributed by atoms with Crippen LogP contribution in [0.25, 0.3) is 0 Å². The first-order chi connectivity index (χ1) is 8.61. The number of alkyl halides is 3. The predicted octanol–water partition coefficient (Wildman–Crippen LogP) is 0.400. The summed E-state index contributed by atoms with van der Waals surface area (Å²) in [5.74, 6) is -2.74. The number of nitrogens with zero attached hydrogens (tertiary/aromatic N) is 1. The smallest absolute Gasteiger partial charge is 0.418 e. The number of imide groups is 1. The van der Waals surface area contributed by atoms with Gasteiger partial charge in [0.2, 0.25) is 5.91 Å². The van der Waals surface area contributed by atoms with E-state index >= 15 is 0 Å². The summed E-state index contributed by atoms with van der Waals surface area (Å²) in [6.45, 7) is -0.667. The lowest BCUT2D eigenvalue weighted by Gasteiger charge is -2.04. The van der Waals surface area contributed by atoms with Crippen molar-refractivity contribution in [1.29, 1.82) is 0 Å². The van der Waals surface area contributed by atoms with Gasteiger partial charge in [-0.1, -0.05) is 0 Å². The van der Waals surface area contributed by atoms with E-state index in [-0.39, 0.29) is 0 Å². The molecule has 1 rings (SSSR count). The summed E-state index contributed by atoms with van der Waals surface area (Å²) in [6, 6.07) is -1.16. The average molecular weight is 279 g/mol. The van der Waals surface area contributed by atoms with E-state index in [1.54, 1.807) is 5.32 Å². The Balaban J connectivity index is 3.02. The Kier molecular flexibility index (Phi) is 3.83. The number of hydrogen-bond acceptors (Lipinski definition) is 3. The highest BCUT2D eigenvalue weighted by molar-refractivity contribution is 5.93. The van der Waals surface area contributed by atoms with Crippen LogP contribution in [0.3, 0.4) is 0 Å². The number of amides is 3. The van der Waals surface area contributed by atoms with Crippen molar-refractivity contribution in [3.63, 3.8) is 0 Å². The fourth-order valence-electron chi connectivity index (χ4n) is 1.34. The molecule has 19 heavy (non-hydrogen) atoms. The van der Waals surface area contributed by atoms with Gasteiger partial charge >= 0.3 is 18.2 Å².